The van der Waals surface area contributed by atoms with Crippen molar-refractivity contribution in [1.82, 2.24) is 5.32 Å². The number of benzene rings is 2. The number of hydrogen-bond donors (Lipinski definition) is 2. The molecular weight excluding hydrogens is 352 g/mol. The van der Waals surface area contributed by atoms with Crippen LogP contribution in [-0.2, 0) is 17.8 Å². The monoisotopic (exact) mass is 381 g/mol. The summed E-state index contributed by atoms with van der Waals surface area (Å²) in [5, 5.41) is 3.25. The van der Waals surface area contributed by atoms with Crippen molar-refractivity contribution in [3.63, 3.8) is 0 Å². The zero-order valence-electron chi connectivity index (χ0n) is 16.7. The first-order valence-electron chi connectivity index (χ1n) is 10.2. The molecule has 4 rings (SSSR count). The van der Waals surface area contributed by atoms with E-state index in [4.69, 9.17) is 9.47 Å². The van der Waals surface area contributed by atoms with Crippen molar-refractivity contribution in [1.29, 1.82) is 0 Å². The SMILES string of the molecule is CC(C)[C@@H](NC(=O)C[NH+]1CCc2ccccc2C1)c1ccc2c(c1)OCCO2. The van der Waals surface area contributed by atoms with Crippen LogP contribution in [0.3, 0.4) is 0 Å². The third-order valence-corrected chi connectivity index (χ3v) is 5.63. The Hall–Kier alpha value is -2.53. The van der Waals surface area contributed by atoms with Crippen LogP contribution in [0.4, 0.5) is 0 Å². The van der Waals surface area contributed by atoms with Gasteiger partial charge in [0.15, 0.2) is 18.0 Å². The van der Waals surface area contributed by atoms with Gasteiger partial charge in [0.2, 0.25) is 0 Å². The number of hydrogen-bond acceptors (Lipinski definition) is 3. The average Bonchev–Trinajstić information content (AvgIpc) is 2.71. The van der Waals surface area contributed by atoms with Gasteiger partial charge in [-0.3, -0.25) is 4.79 Å². The highest BCUT2D eigenvalue weighted by Gasteiger charge is 2.25. The summed E-state index contributed by atoms with van der Waals surface area (Å²) in [4.78, 5) is 14.1. The molecule has 0 radical (unpaired) electrons. The van der Waals surface area contributed by atoms with Crippen LogP contribution < -0.4 is 19.7 Å². The number of carbonyl (C=O) groups excluding carboxylic acids is 1. The summed E-state index contributed by atoms with van der Waals surface area (Å²) >= 11 is 0. The largest absolute Gasteiger partial charge is 0.486 e. The van der Waals surface area contributed by atoms with Gasteiger partial charge in [0.25, 0.3) is 5.91 Å². The molecule has 28 heavy (non-hydrogen) atoms. The zero-order valence-corrected chi connectivity index (χ0v) is 16.7. The van der Waals surface area contributed by atoms with Crippen LogP contribution in [0.15, 0.2) is 42.5 Å². The Morgan fingerprint density at radius 2 is 1.82 bits per heavy atom. The highest BCUT2D eigenvalue weighted by molar-refractivity contribution is 5.77. The molecule has 2 N–H and O–H groups in total. The highest BCUT2D eigenvalue weighted by Crippen LogP contribution is 2.34. The summed E-state index contributed by atoms with van der Waals surface area (Å²) in [5.41, 5.74) is 3.85. The minimum absolute atomic E-state index is 0.0418. The van der Waals surface area contributed by atoms with Gasteiger partial charge in [-0.25, -0.2) is 0 Å². The first-order chi connectivity index (χ1) is 13.6. The van der Waals surface area contributed by atoms with E-state index in [1.165, 1.54) is 16.0 Å². The number of ether oxygens (including phenoxy) is 2. The molecule has 0 bridgehead atoms. The fourth-order valence-electron chi connectivity index (χ4n) is 4.13. The second-order valence-corrected chi connectivity index (χ2v) is 8.06. The first-order valence-corrected chi connectivity index (χ1v) is 10.2. The fraction of sp³-hybridized carbons (Fsp3) is 0.435. The van der Waals surface area contributed by atoms with E-state index in [-0.39, 0.29) is 17.9 Å². The van der Waals surface area contributed by atoms with Gasteiger partial charge in [-0.05, 0) is 29.2 Å². The second-order valence-electron chi connectivity index (χ2n) is 8.06. The maximum atomic E-state index is 12.8. The Kier molecular flexibility index (Phi) is 5.53. The number of fused-ring (bicyclic) bond motifs is 2. The maximum absolute atomic E-state index is 12.8. The molecule has 0 saturated carbocycles. The molecule has 2 aromatic carbocycles. The smallest absolute Gasteiger partial charge is 0.275 e. The average molecular weight is 381 g/mol. The molecule has 0 fully saturated rings. The summed E-state index contributed by atoms with van der Waals surface area (Å²) in [7, 11) is 0. The molecule has 0 aliphatic carbocycles. The lowest BCUT2D eigenvalue weighted by atomic mass is 9.95. The van der Waals surface area contributed by atoms with E-state index in [0.29, 0.717) is 19.8 Å². The van der Waals surface area contributed by atoms with Crippen molar-refractivity contribution in [2.24, 2.45) is 5.92 Å². The molecule has 0 spiro atoms. The number of carbonyl (C=O) groups is 1. The molecule has 2 aliphatic rings. The quantitative estimate of drug-likeness (QED) is 0.832. The molecule has 5 nitrogen and oxygen atoms in total. The van der Waals surface area contributed by atoms with Gasteiger partial charge in [0, 0.05) is 12.0 Å². The van der Waals surface area contributed by atoms with Gasteiger partial charge in [-0.15, -0.1) is 0 Å². The van der Waals surface area contributed by atoms with E-state index < -0.39 is 0 Å². The maximum Gasteiger partial charge on any atom is 0.275 e. The number of rotatable bonds is 5. The molecule has 0 saturated heterocycles. The Labute approximate surface area is 166 Å². The van der Waals surface area contributed by atoms with Gasteiger partial charge >= 0.3 is 0 Å². The summed E-state index contributed by atoms with van der Waals surface area (Å²) in [6.07, 6.45) is 1.04. The summed E-state index contributed by atoms with van der Waals surface area (Å²) in [5.74, 6) is 1.92. The minimum Gasteiger partial charge on any atom is -0.486 e. The highest BCUT2D eigenvalue weighted by atomic mass is 16.6. The van der Waals surface area contributed by atoms with Crippen molar-refractivity contribution in [2.75, 3.05) is 26.3 Å². The van der Waals surface area contributed by atoms with E-state index in [1.54, 1.807) is 0 Å². The summed E-state index contributed by atoms with van der Waals surface area (Å²) < 4.78 is 11.3. The van der Waals surface area contributed by atoms with Crippen LogP contribution in [0, 0.1) is 5.92 Å². The van der Waals surface area contributed by atoms with Crippen molar-refractivity contribution >= 4 is 5.91 Å². The number of amides is 1. The van der Waals surface area contributed by atoms with Crippen LogP contribution in [0.25, 0.3) is 0 Å². The molecule has 2 atom stereocenters. The van der Waals surface area contributed by atoms with Crippen molar-refractivity contribution in [2.45, 2.75) is 32.9 Å². The number of nitrogens with one attached hydrogen (secondary N) is 2. The lowest BCUT2D eigenvalue weighted by Gasteiger charge is -2.28. The van der Waals surface area contributed by atoms with E-state index in [2.05, 4.69) is 43.4 Å². The Morgan fingerprint density at radius 1 is 1.07 bits per heavy atom. The van der Waals surface area contributed by atoms with Gasteiger partial charge in [0.05, 0.1) is 12.6 Å². The summed E-state index contributed by atoms with van der Waals surface area (Å²) in [6, 6.07) is 14.5. The molecule has 2 aromatic rings. The topological polar surface area (TPSA) is 52.0 Å². The van der Waals surface area contributed by atoms with Gasteiger partial charge in [-0.2, -0.15) is 0 Å². The molecule has 5 heteroatoms. The molecular formula is C23H29N2O3+. The van der Waals surface area contributed by atoms with E-state index >= 15 is 0 Å². The molecule has 1 unspecified atom stereocenters. The van der Waals surface area contributed by atoms with E-state index in [1.807, 2.05) is 18.2 Å². The second kappa shape index (κ2) is 8.23. The molecule has 0 aromatic heterocycles. The predicted molar refractivity (Wildman–Crippen MR) is 108 cm³/mol. The molecule has 2 heterocycles. The lowest BCUT2D eigenvalue weighted by molar-refractivity contribution is -0.908. The summed E-state index contributed by atoms with van der Waals surface area (Å²) in [6.45, 7) is 7.83. The first kappa shape index (κ1) is 18.8. The fourth-order valence-corrected chi connectivity index (χ4v) is 4.13. The minimum atomic E-state index is -0.0418. The lowest BCUT2D eigenvalue weighted by Crippen LogP contribution is -3.12. The van der Waals surface area contributed by atoms with Gasteiger partial charge < -0.3 is 19.7 Å². The normalized spacial score (nSPS) is 19.0. The van der Waals surface area contributed by atoms with Crippen LogP contribution in [0.5, 0.6) is 11.5 Å². The van der Waals surface area contributed by atoms with Crippen molar-refractivity contribution in [3.8, 4) is 11.5 Å². The standard InChI is InChI=1S/C23H28N2O3/c1-16(2)23(18-7-8-20-21(13-18)28-12-11-27-20)24-22(26)15-25-10-9-17-5-3-4-6-19(17)14-25/h3-8,13,16,23H,9-12,14-15H2,1-2H3,(H,24,26)/p+1/t23-/m1/s1. The van der Waals surface area contributed by atoms with E-state index in [9.17, 15) is 4.79 Å². The Morgan fingerprint density at radius 3 is 2.61 bits per heavy atom. The van der Waals surface area contributed by atoms with Crippen molar-refractivity contribution in [3.05, 3.63) is 59.2 Å². The van der Waals surface area contributed by atoms with Crippen LogP contribution in [0.1, 0.15) is 36.6 Å². The third-order valence-electron chi connectivity index (χ3n) is 5.63. The Balaban J connectivity index is 1.42. The van der Waals surface area contributed by atoms with Crippen LogP contribution in [0.2, 0.25) is 0 Å². The van der Waals surface area contributed by atoms with Crippen molar-refractivity contribution < 1.29 is 19.2 Å². The molecule has 1 amide bonds. The Bertz CT molecular complexity index is 849. The van der Waals surface area contributed by atoms with Crippen LogP contribution >= 0.6 is 0 Å². The van der Waals surface area contributed by atoms with Gasteiger partial charge in [-0.1, -0.05) is 44.2 Å². The molecule has 2 aliphatic heterocycles. The predicted octanol–water partition coefficient (Wildman–Crippen LogP) is 1.91. The zero-order chi connectivity index (χ0) is 19.5. The molecule has 148 valence electrons. The van der Waals surface area contributed by atoms with E-state index in [0.717, 1.165) is 36.6 Å². The van der Waals surface area contributed by atoms with Gasteiger partial charge in [0.1, 0.15) is 19.8 Å². The number of quaternary nitrogens is 1. The third kappa shape index (κ3) is 4.14. The van der Waals surface area contributed by atoms with Crippen LogP contribution in [-0.4, -0.2) is 32.2 Å².